The lowest BCUT2D eigenvalue weighted by molar-refractivity contribution is -0.153. The molecule has 36 heavy (non-hydrogen) atoms. The van der Waals surface area contributed by atoms with Crippen molar-refractivity contribution >= 4 is 35.2 Å². The fraction of sp³-hybridized carbons (Fsp3) is 0.536. The first kappa shape index (κ1) is 25.1. The van der Waals surface area contributed by atoms with Crippen LogP contribution in [0.4, 0.5) is 5.69 Å². The number of nitrogens with zero attached hydrogens (tertiary/aromatic N) is 2. The number of rotatable bonds is 5. The molecule has 5 rings (SSSR count). The molecule has 0 bridgehead atoms. The van der Waals surface area contributed by atoms with Gasteiger partial charge in [-0.05, 0) is 56.7 Å². The number of ether oxygens (including phenoxy) is 1. The summed E-state index contributed by atoms with van der Waals surface area (Å²) in [6.45, 7) is 5.13. The van der Waals surface area contributed by atoms with Gasteiger partial charge in [-0.15, -0.1) is 11.8 Å². The molecule has 7 nitrogen and oxygen atoms in total. The third-order valence-electron chi connectivity index (χ3n) is 7.81. The van der Waals surface area contributed by atoms with E-state index in [1.54, 1.807) is 21.6 Å². The van der Waals surface area contributed by atoms with Gasteiger partial charge in [0, 0.05) is 30.6 Å². The fourth-order valence-electron chi connectivity index (χ4n) is 6.11. The third-order valence-corrected chi connectivity index (χ3v) is 9.56. The van der Waals surface area contributed by atoms with Crippen LogP contribution in [-0.4, -0.2) is 70.1 Å². The summed E-state index contributed by atoms with van der Waals surface area (Å²) in [5.41, 5.74) is 2.90. The molecule has 0 aliphatic carbocycles. The first-order valence-corrected chi connectivity index (χ1v) is 13.8. The summed E-state index contributed by atoms with van der Waals surface area (Å²) in [6, 6.07) is 5.33. The number of allylic oxidation sites excluding steroid dienone is 1. The number of anilines is 1. The Kier molecular flexibility index (Phi) is 7.01. The number of benzene rings is 1. The zero-order valence-electron chi connectivity index (χ0n) is 20.9. The molecule has 1 unspecified atom stereocenters. The van der Waals surface area contributed by atoms with E-state index in [4.69, 9.17) is 4.74 Å². The monoisotopic (exact) mass is 510 g/mol. The van der Waals surface area contributed by atoms with Gasteiger partial charge in [0.15, 0.2) is 0 Å². The van der Waals surface area contributed by atoms with Crippen molar-refractivity contribution in [1.29, 1.82) is 0 Å². The molecule has 0 aromatic heterocycles. The normalized spacial score (nSPS) is 32.7. The van der Waals surface area contributed by atoms with Crippen LogP contribution in [0.5, 0.6) is 0 Å². The maximum absolute atomic E-state index is 14.4. The predicted molar refractivity (Wildman–Crippen MR) is 140 cm³/mol. The van der Waals surface area contributed by atoms with E-state index in [0.717, 1.165) is 29.7 Å². The molecule has 1 aromatic carbocycles. The molecule has 4 aliphatic rings. The van der Waals surface area contributed by atoms with Gasteiger partial charge in [0.2, 0.25) is 5.91 Å². The zero-order valence-corrected chi connectivity index (χ0v) is 21.7. The molecule has 2 fully saturated rings. The van der Waals surface area contributed by atoms with Gasteiger partial charge in [-0.2, -0.15) is 0 Å². The highest BCUT2D eigenvalue weighted by Gasteiger charge is 2.70. The topological polar surface area (TPSA) is 87.2 Å². The first-order valence-electron chi connectivity index (χ1n) is 12.9. The summed E-state index contributed by atoms with van der Waals surface area (Å²) in [6.07, 6.45) is 10.8. The van der Waals surface area contributed by atoms with Crippen molar-refractivity contribution < 1.29 is 24.2 Å². The van der Waals surface area contributed by atoms with E-state index >= 15 is 0 Å². The highest BCUT2D eigenvalue weighted by atomic mass is 32.2. The van der Waals surface area contributed by atoms with E-state index in [9.17, 15) is 19.5 Å². The number of hydrogen-bond acceptors (Lipinski definition) is 6. The van der Waals surface area contributed by atoms with Gasteiger partial charge in [-0.1, -0.05) is 36.4 Å². The quantitative estimate of drug-likeness (QED) is 0.372. The molecule has 5 atom stereocenters. The van der Waals surface area contributed by atoms with E-state index in [1.807, 2.05) is 50.3 Å². The summed E-state index contributed by atoms with van der Waals surface area (Å²) >= 11 is 1.57. The molecule has 0 radical (unpaired) electrons. The average Bonchev–Trinajstić information content (AvgIpc) is 3.26. The summed E-state index contributed by atoms with van der Waals surface area (Å²) < 4.78 is 4.76. The van der Waals surface area contributed by atoms with Crippen LogP contribution >= 0.6 is 11.8 Å². The molecular formula is C28H34N2O5S. The van der Waals surface area contributed by atoms with Crippen LogP contribution < -0.4 is 4.90 Å². The van der Waals surface area contributed by atoms with Crippen molar-refractivity contribution in [3.63, 3.8) is 0 Å². The smallest absolute Gasteiger partial charge is 0.311 e. The van der Waals surface area contributed by atoms with Gasteiger partial charge in [0.1, 0.15) is 6.04 Å². The summed E-state index contributed by atoms with van der Waals surface area (Å²) in [5, 5.41) is 9.13. The number of hydrogen-bond donors (Lipinski definition) is 1. The van der Waals surface area contributed by atoms with Crippen molar-refractivity contribution in [2.75, 3.05) is 31.2 Å². The number of carbonyl (C=O) groups is 3. The van der Waals surface area contributed by atoms with Crippen molar-refractivity contribution in [2.45, 2.75) is 55.6 Å². The minimum Gasteiger partial charge on any atom is -0.465 e. The Morgan fingerprint density at radius 2 is 1.97 bits per heavy atom. The maximum Gasteiger partial charge on any atom is 0.311 e. The third kappa shape index (κ3) is 4.08. The summed E-state index contributed by atoms with van der Waals surface area (Å²) in [4.78, 5) is 45.2. The Morgan fingerprint density at radius 1 is 1.14 bits per heavy atom. The van der Waals surface area contributed by atoms with Crippen LogP contribution in [0.1, 0.15) is 36.8 Å². The second-order valence-corrected chi connectivity index (χ2v) is 11.7. The van der Waals surface area contributed by atoms with Crippen molar-refractivity contribution in [3.05, 3.63) is 53.6 Å². The second-order valence-electron chi connectivity index (χ2n) is 10.2. The molecule has 2 amide bonds. The molecule has 1 N–H and O–H groups in total. The van der Waals surface area contributed by atoms with Gasteiger partial charge >= 0.3 is 5.97 Å². The van der Waals surface area contributed by atoms with Crippen LogP contribution in [0.2, 0.25) is 0 Å². The molecule has 8 heteroatoms. The Morgan fingerprint density at radius 3 is 2.78 bits per heavy atom. The molecule has 2 saturated heterocycles. The fourth-order valence-corrected chi connectivity index (χ4v) is 8.12. The Labute approximate surface area is 216 Å². The van der Waals surface area contributed by atoms with Gasteiger partial charge in [0.05, 0.1) is 23.2 Å². The number of aliphatic hydroxyl groups is 1. The van der Waals surface area contributed by atoms with Crippen molar-refractivity contribution in [1.82, 2.24) is 4.90 Å². The molecule has 1 spiro atoms. The first-order chi connectivity index (χ1) is 17.4. The van der Waals surface area contributed by atoms with Gasteiger partial charge in [-0.25, -0.2) is 0 Å². The molecule has 4 aliphatic heterocycles. The minimum absolute atomic E-state index is 0.0281. The van der Waals surface area contributed by atoms with Crippen LogP contribution in [0.3, 0.4) is 0 Å². The van der Waals surface area contributed by atoms with E-state index in [1.165, 1.54) is 0 Å². The second kappa shape index (κ2) is 10.1. The average molecular weight is 511 g/mol. The standard InChI is InChI=1S/C28H34N2O5S/c1-18-10-11-19(2)20(17-18)29-14-8-12-28-23(22-21(36-28)9-4-3-7-16-35-27(22)34)25(32)30(13-5-6-15-31)24(28)26(29)33/h4,8-12,17,21-24,31H,3,5-7,13-16H2,1-2H3/b9-4-/t21-,22+,23+,24?,28+/m1/s1. The molecule has 4 heterocycles. The number of fused-ring (bicyclic) bond motifs is 2. The van der Waals surface area contributed by atoms with E-state index in [0.29, 0.717) is 32.5 Å². The number of unbranched alkanes of at least 4 members (excludes halogenated alkanes) is 1. The number of cyclic esters (lactones) is 1. The lowest BCUT2D eigenvalue weighted by atomic mass is 9.78. The molecular weight excluding hydrogens is 476 g/mol. The summed E-state index contributed by atoms with van der Waals surface area (Å²) in [5.74, 6) is -1.93. The summed E-state index contributed by atoms with van der Waals surface area (Å²) in [7, 11) is 0. The molecule has 1 aromatic rings. The van der Waals surface area contributed by atoms with E-state index in [2.05, 4.69) is 6.08 Å². The van der Waals surface area contributed by atoms with Gasteiger partial charge in [0.25, 0.3) is 5.91 Å². The number of aliphatic hydroxyl groups excluding tert-OH is 1. The van der Waals surface area contributed by atoms with Crippen LogP contribution in [0.25, 0.3) is 0 Å². The highest BCUT2D eigenvalue weighted by molar-refractivity contribution is 8.02. The van der Waals surface area contributed by atoms with Gasteiger partial charge in [-0.3, -0.25) is 14.4 Å². The molecule has 192 valence electrons. The van der Waals surface area contributed by atoms with Crippen LogP contribution in [0.15, 0.2) is 42.5 Å². The number of thioether (sulfide) groups is 1. The lowest BCUT2D eigenvalue weighted by Crippen LogP contribution is -2.53. The van der Waals surface area contributed by atoms with Crippen molar-refractivity contribution in [3.8, 4) is 0 Å². The van der Waals surface area contributed by atoms with Gasteiger partial charge < -0.3 is 19.6 Å². The van der Waals surface area contributed by atoms with Crippen LogP contribution in [-0.2, 0) is 19.1 Å². The van der Waals surface area contributed by atoms with Crippen molar-refractivity contribution in [2.24, 2.45) is 11.8 Å². The number of carbonyl (C=O) groups excluding carboxylic acids is 3. The largest absolute Gasteiger partial charge is 0.465 e. The van der Waals surface area contributed by atoms with E-state index in [-0.39, 0.29) is 29.6 Å². The number of likely N-dealkylation sites (tertiary alicyclic amines) is 1. The zero-order chi connectivity index (χ0) is 25.4. The Hall–Kier alpha value is -2.58. The highest BCUT2D eigenvalue weighted by Crippen LogP contribution is 2.60. The SMILES string of the molecule is Cc1ccc(C)c(N2CC=C[C@]34S[C@@H]5/C=C\CCCOC(=O)[C@@H]5[C@H]3C(=O)N(CCCCO)C4C2=O)c1. The number of esters is 1. The Bertz CT molecular complexity index is 1120. The lowest BCUT2D eigenvalue weighted by Gasteiger charge is -2.35. The number of aryl methyl sites for hydroxylation is 2. The number of amides is 2. The van der Waals surface area contributed by atoms with Crippen LogP contribution in [0, 0.1) is 25.7 Å². The Balaban J connectivity index is 1.60. The minimum atomic E-state index is -0.849. The molecule has 0 saturated carbocycles. The predicted octanol–water partition coefficient (Wildman–Crippen LogP) is 3.17. The maximum atomic E-state index is 14.4. The van der Waals surface area contributed by atoms with E-state index < -0.39 is 22.6 Å².